The highest BCUT2D eigenvalue weighted by molar-refractivity contribution is 5.38. The van der Waals surface area contributed by atoms with Gasteiger partial charge in [0.05, 0.1) is 11.8 Å². The van der Waals surface area contributed by atoms with E-state index in [9.17, 15) is 0 Å². The molecule has 0 saturated carbocycles. The highest BCUT2D eigenvalue weighted by Gasteiger charge is 2.26. The monoisotopic (exact) mass is 221 g/mol. The molecule has 2 unspecified atom stereocenters. The minimum Gasteiger partial charge on any atom is -0.378 e. The summed E-state index contributed by atoms with van der Waals surface area (Å²) in [6.45, 7) is 5.97. The fourth-order valence-corrected chi connectivity index (χ4v) is 2.19. The van der Waals surface area contributed by atoms with E-state index in [1.807, 2.05) is 6.92 Å². The summed E-state index contributed by atoms with van der Waals surface area (Å²) in [6.07, 6.45) is 6.08. The maximum Gasteiger partial charge on any atom is 0.147 e. The highest BCUT2D eigenvalue weighted by Crippen LogP contribution is 2.23. The molecule has 1 saturated heterocycles. The van der Waals surface area contributed by atoms with Crippen molar-refractivity contribution in [2.24, 2.45) is 5.92 Å². The van der Waals surface area contributed by atoms with Gasteiger partial charge in [-0.05, 0) is 19.8 Å². The second kappa shape index (κ2) is 5.25. The lowest BCUT2D eigenvalue weighted by Gasteiger charge is -2.17. The number of ether oxygens (including phenoxy) is 1. The van der Waals surface area contributed by atoms with Gasteiger partial charge in [-0.25, -0.2) is 4.98 Å². The van der Waals surface area contributed by atoms with Crippen LogP contribution >= 0.6 is 0 Å². The molecule has 0 aliphatic carbocycles. The lowest BCUT2D eigenvalue weighted by molar-refractivity contribution is 0.0900. The Kier molecular flexibility index (Phi) is 3.72. The van der Waals surface area contributed by atoms with E-state index in [4.69, 9.17) is 4.74 Å². The van der Waals surface area contributed by atoms with Crippen LogP contribution in [0.5, 0.6) is 0 Å². The van der Waals surface area contributed by atoms with Crippen LogP contribution in [0.4, 0.5) is 5.82 Å². The summed E-state index contributed by atoms with van der Waals surface area (Å²) < 4.78 is 5.66. The lowest BCUT2D eigenvalue weighted by Crippen LogP contribution is -2.23. The standard InChI is InChI=1S/C12H19N3O/c1-3-11-10(4-7-16-11)8-15-12-9(2)13-5-6-14-12/h5-6,10-11H,3-4,7-8H2,1-2H3,(H,14,15). The van der Waals surface area contributed by atoms with Crippen molar-refractivity contribution in [3.8, 4) is 0 Å². The molecule has 2 heterocycles. The van der Waals surface area contributed by atoms with E-state index < -0.39 is 0 Å². The topological polar surface area (TPSA) is 47.0 Å². The molecule has 1 fully saturated rings. The number of anilines is 1. The first kappa shape index (κ1) is 11.3. The number of nitrogens with one attached hydrogen (secondary N) is 1. The molecule has 1 aliphatic rings. The smallest absolute Gasteiger partial charge is 0.147 e. The SMILES string of the molecule is CCC1OCCC1CNc1nccnc1C. The van der Waals surface area contributed by atoms with Crippen molar-refractivity contribution in [2.45, 2.75) is 32.8 Å². The first-order valence-electron chi connectivity index (χ1n) is 5.94. The Bertz CT molecular complexity index is 343. The zero-order valence-corrected chi connectivity index (χ0v) is 9.94. The molecule has 4 nitrogen and oxygen atoms in total. The van der Waals surface area contributed by atoms with Crippen LogP contribution in [0.3, 0.4) is 0 Å². The average Bonchev–Trinajstić information content (AvgIpc) is 2.75. The third-order valence-corrected chi connectivity index (χ3v) is 3.16. The summed E-state index contributed by atoms with van der Waals surface area (Å²) >= 11 is 0. The third-order valence-electron chi connectivity index (χ3n) is 3.16. The van der Waals surface area contributed by atoms with Gasteiger partial charge in [0.15, 0.2) is 0 Å². The van der Waals surface area contributed by atoms with Gasteiger partial charge < -0.3 is 10.1 Å². The van der Waals surface area contributed by atoms with Gasteiger partial charge in [-0.2, -0.15) is 0 Å². The van der Waals surface area contributed by atoms with Crippen LogP contribution < -0.4 is 5.32 Å². The van der Waals surface area contributed by atoms with Gasteiger partial charge in [-0.3, -0.25) is 4.98 Å². The van der Waals surface area contributed by atoms with Gasteiger partial charge in [-0.15, -0.1) is 0 Å². The number of aryl methyl sites for hydroxylation is 1. The summed E-state index contributed by atoms with van der Waals surface area (Å²) in [5, 5.41) is 3.37. The predicted molar refractivity (Wildman–Crippen MR) is 63.4 cm³/mol. The number of hydrogen-bond donors (Lipinski definition) is 1. The molecule has 16 heavy (non-hydrogen) atoms. The molecule has 0 bridgehead atoms. The van der Waals surface area contributed by atoms with Gasteiger partial charge in [-0.1, -0.05) is 6.92 Å². The van der Waals surface area contributed by atoms with Crippen LogP contribution in [-0.4, -0.2) is 29.2 Å². The van der Waals surface area contributed by atoms with E-state index in [1.165, 1.54) is 0 Å². The Morgan fingerprint density at radius 3 is 3.00 bits per heavy atom. The van der Waals surface area contributed by atoms with E-state index >= 15 is 0 Å². The van der Waals surface area contributed by atoms with Crippen molar-refractivity contribution < 1.29 is 4.74 Å². The van der Waals surface area contributed by atoms with Gasteiger partial charge in [0.25, 0.3) is 0 Å². The predicted octanol–water partition coefficient (Wildman–Crippen LogP) is 2.01. The summed E-state index contributed by atoms with van der Waals surface area (Å²) in [7, 11) is 0. The van der Waals surface area contributed by atoms with E-state index in [2.05, 4.69) is 22.2 Å². The van der Waals surface area contributed by atoms with Crippen molar-refractivity contribution in [1.82, 2.24) is 9.97 Å². The molecule has 2 atom stereocenters. The first-order valence-corrected chi connectivity index (χ1v) is 5.94. The second-order valence-corrected chi connectivity index (χ2v) is 4.24. The van der Waals surface area contributed by atoms with Gasteiger partial charge >= 0.3 is 0 Å². The van der Waals surface area contributed by atoms with Crippen LogP contribution in [0.2, 0.25) is 0 Å². The summed E-state index contributed by atoms with van der Waals surface area (Å²) in [5.41, 5.74) is 0.953. The van der Waals surface area contributed by atoms with Gasteiger partial charge in [0.2, 0.25) is 0 Å². The van der Waals surface area contributed by atoms with Crippen LogP contribution in [0.1, 0.15) is 25.5 Å². The Morgan fingerprint density at radius 2 is 2.25 bits per heavy atom. The lowest BCUT2D eigenvalue weighted by atomic mass is 10.00. The van der Waals surface area contributed by atoms with Crippen molar-refractivity contribution in [1.29, 1.82) is 0 Å². The third kappa shape index (κ3) is 2.50. The van der Waals surface area contributed by atoms with Crippen LogP contribution in [0.15, 0.2) is 12.4 Å². The average molecular weight is 221 g/mol. The van der Waals surface area contributed by atoms with Crippen LogP contribution in [0.25, 0.3) is 0 Å². The van der Waals surface area contributed by atoms with Crippen LogP contribution in [0, 0.1) is 12.8 Å². The normalized spacial score (nSPS) is 24.6. The minimum absolute atomic E-state index is 0.407. The number of hydrogen-bond acceptors (Lipinski definition) is 4. The molecule has 0 amide bonds. The van der Waals surface area contributed by atoms with Crippen molar-refractivity contribution in [3.05, 3.63) is 18.1 Å². The van der Waals surface area contributed by atoms with E-state index in [0.717, 1.165) is 37.5 Å². The molecule has 1 aromatic heterocycles. The maximum absolute atomic E-state index is 5.66. The summed E-state index contributed by atoms with van der Waals surface area (Å²) in [5.74, 6) is 1.50. The van der Waals surface area contributed by atoms with Gasteiger partial charge in [0.1, 0.15) is 5.82 Å². The Morgan fingerprint density at radius 1 is 1.44 bits per heavy atom. The molecule has 2 rings (SSSR count). The molecule has 1 aliphatic heterocycles. The Labute approximate surface area is 96.4 Å². The molecule has 1 aromatic rings. The number of rotatable bonds is 4. The molecule has 0 aromatic carbocycles. The van der Waals surface area contributed by atoms with Crippen molar-refractivity contribution in [2.75, 3.05) is 18.5 Å². The number of aromatic nitrogens is 2. The molecule has 0 spiro atoms. The van der Waals surface area contributed by atoms with E-state index in [1.54, 1.807) is 12.4 Å². The van der Waals surface area contributed by atoms with Gasteiger partial charge in [0, 0.05) is 31.5 Å². The zero-order valence-electron chi connectivity index (χ0n) is 9.94. The van der Waals surface area contributed by atoms with E-state index in [0.29, 0.717) is 12.0 Å². The first-order chi connectivity index (χ1) is 7.81. The maximum atomic E-state index is 5.66. The molecule has 88 valence electrons. The molecule has 1 N–H and O–H groups in total. The van der Waals surface area contributed by atoms with E-state index in [-0.39, 0.29) is 0 Å². The molecular weight excluding hydrogens is 202 g/mol. The van der Waals surface area contributed by atoms with Crippen molar-refractivity contribution in [3.63, 3.8) is 0 Å². The molecule has 4 heteroatoms. The Balaban J connectivity index is 1.90. The highest BCUT2D eigenvalue weighted by atomic mass is 16.5. The van der Waals surface area contributed by atoms with Crippen LogP contribution in [-0.2, 0) is 4.74 Å². The minimum atomic E-state index is 0.407. The fraction of sp³-hybridized carbons (Fsp3) is 0.667. The summed E-state index contributed by atoms with van der Waals surface area (Å²) in [4.78, 5) is 8.48. The fourth-order valence-electron chi connectivity index (χ4n) is 2.19. The quantitative estimate of drug-likeness (QED) is 0.845. The number of nitrogens with zero attached hydrogens (tertiary/aromatic N) is 2. The largest absolute Gasteiger partial charge is 0.378 e. The second-order valence-electron chi connectivity index (χ2n) is 4.24. The molecular formula is C12H19N3O. The molecule has 0 radical (unpaired) electrons. The Hall–Kier alpha value is -1.16. The van der Waals surface area contributed by atoms with Crippen molar-refractivity contribution >= 4 is 5.82 Å². The summed E-state index contributed by atoms with van der Waals surface area (Å²) in [6, 6.07) is 0. The zero-order chi connectivity index (χ0) is 11.4.